The predicted octanol–water partition coefficient (Wildman–Crippen LogP) is 2.36. The van der Waals surface area contributed by atoms with Gasteiger partial charge in [0.2, 0.25) is 0 Å². The van der Waals surface area contributed by atoms with Gasteiger partial charge in [0, 0.05) is 19.5 Å². The van der Waals surface area contributed by atoms with Crippen molar-refractivity contribution in [3.63, 3.8) is 0 Å². The number of carbonyl (C=O) groups excluding carboxylic acids is 1. The van der Waals surface area contributed by atoms with Crippen molar-refractivity contribution in [2.45, 2.75) is 76.9 Å². The summed E-state index contributed by atoms with van der Waals surface area (Å²) in [7, 11) is 0. The van der Waals surface area contributed by atoms with Gasteiger partial charge >= 0.3 is 12.0 Å². The molecule has 0 aromatic rings. The van der Waals surface area contributed by atoms with Gasteiger partial charge in [0.05, 0.1) is 12.1 Å². The van der Waals surface area contributed by atoms with E-state index in [-0.39, 0.29) is 24.6 Å². The molecule has 2 amide bonds. The van der Waals surface area contributed by atoms with Crippen LogP contribution >= 0.6 is 0 Å². The molecule has 0 spiro atoms. The normalized spacial score (nSPS) is 19.3. The Morgan fingerprint density at radius 1 is 1.32 bits per heavy atom. The molecule has 1 saturated heterocycles. The van der Waals surface area contributed by atoms with Crippen molar-refractivity contribution < 1.29 is 19.8 Å². The third-order valence-electron chi connectivity index (χ3n) is 4.19. The van der Waals surface area contributed by atoms with E-state index in [0.29, 0.717) is 19.5 Å². The molecule has 0 aromatic carbocycles. The molecular weight excluding hydrogens is 284 g/mol. The van der Waals surface area contributed by atoms with E-state index in [9.17, 15) is 14.7 Å². The Bertz CT molecular complexity index is 349. The highest BCUT2D eigenvalue weighted by atomic mass is 16.4. The Morgan fingerprint density at radius 3 is 2.73 bits per heavy atom. The Balaban J connectivity index is 2.20. The van der Waals surface area contributed by atoms with Gasteiger partial charge in [0.25, 0.3) is 0 Å². The summed E-state index contributed by atoms with van der Waals surface area (Å²) in [4.78, 5) is 24.1. The number of aliphatic carboxylic acids is 1. The first-order chi connectivity index (χ1) is 10.5. The molecule has 22 heavy (non-hydrogen) atoms. The molecule has 1 aliphatic rings. The van der Waals surface area contributed by atoms with Crippen LogP contribution in [0.25, 0.3) is 0 Å². The number of unbranched alkanes of at least 4 members (excludes halogenated alkanes) is 3. The van der Waals surface area contributed by atoms with E-state index in [4.69, 9.17) is 5.11 Å². The van der Waals surface area contributed by atoms with Crippen LogP contribution in [0, 0.1) is 0 Å². The minimum absolute atomic E-state index is 0.0282. The molecule has 0 radical (unpaired) electrons. The first kappa shape index (κ1) is 18.7. The third kappa shape index (κ3) is 7.11. The number of aliphatic hydroxyl groups is 1. The highest BCUT2D eigenvalue weighted by molar-refractivity contribution is 5.76. The molecule has 1 fully saturated rings. The topological polar surface area (TPSA) is 89.9 Å². The molecule has 0 aromatic heterocycles. The van der Waals surface area contributed by atoms with Crippen LogP contribution in [0.3, 0.4) is 0 Å². The quantitative estimate of drug-likeness (QED) is 0.482. The number of nitrogens with zero attached hydrogens (tertiary/aromatic N) is 1. The Labute approximate surface area is 132 Å². The molecule has 2 atom stereocenters. The number of amides is 2. The third-order valence-corrected chi connectivity index (χ3v) is 4.19. The summed E-state index contributed by atoms with van der Waals surface area (Å²) in [5, 5.41) is 21.2. The van der Waals surface area contributed by atoms with Gasteiger partial charge in [-0.25, -0.2) is 4.79 Å². The van der Waals surface area contributed by atoms with Crippen molar-refractivity contribution in [3.05, 3.63) is 0 Å². The van der Waals surface area contributed by atoms with Crippen LogP contribution in [0.15, 0.2) is 0 Å². The van der Waals surface area contributed by atoms with E-state index in [0.717, 1.165) is 44.9 Å². The first-order valence-electron chi connectivity index (χ1n) is 8.49. The van der Waals surface area contributed by atoms with Gasteiger partial charge in [-0.2, -0.15) is 0 Å². The average molecular weight is 314 g/mol. The molecule has 1 rings (SSSR count). The lowest BCUT2D eigenvalue weighted by Gasteiger charge is -2.24. The highest BCUT2D eigenvalue weighted by Crippen LogP contribution is 2.17. The maximum Gasteiger partial charge on any atom is 0.317 e. The number of nitrogens with one attached hydrogen (secondary N) is 1. The second-order valence-corrected chi connectivity index (χ2v) is 6.11. The number of carboxylic acid groups (broad SMARTS) is 1. The van der Waals surface area contributed by atoms with Gasteiger partial charge < -0.3 is 20.4 Å². The second kappa shape index (κ2) is 10.4. The average Bonchev–Trinajstić information content (AvgIpc) is 2.81. The fraction of sp³-hybridized carbons (Fsp3) is 0.875. The Kier molecular flexibility index (Phi) is 8.89. The zero-order valence-electron chi connectivity index (χ0n) is 13.6. The summed E-state index contributed by atoms with van der Waals surface area (Å²) >= 11 is 0. The number of aliphatic hydroxyl groups excluding tert-OH is 1. The maximum atomic E-state index is 11.8. The van der Waals surface area contributed by atoms with Crippen LogP contribution in [0.5, 0.6) is 0 Å². The summed E-state index contributed by atoms with van der Waals surface area (Å²) < 4.78 is 0. The van der Waals surface area contributed by atoms with Crippen LogP contribution in [0.4, 0.5) is 4.79 Å². The Morgan fingerprint density at radius 2 is 2.05 bits per heavy atom. The van der Waals surface area contributed by atoms with Crippen molar-refractivity contribution in [1.82, 2.24) is 10.2 Å². The number of hydrogen-bond acceptors (Lipinski definition) is 3. The largest absolute Gasteiger partial charge is 0.481 e. The maximum absolute atomic E-state index is 11.8. The molecule has 1 aliphatic heterocycles. The lowest BCUT2D eigenvalue weighted by molar-refractivity contribution is -0.137. The summed E-state index contributed by atoms with van der Waals surface area (Å²) in [5.74, 6) is -0.734. The number of hydrogen-bond donors (Lipinski definition) is 3. The van der Waals surface area contributed by atoms with E-state index in [1.807, 2.05) is 11.8 Å². The molecule has 0 saturated carbocycles. The van der Waals surface area contributed by atoms with E-state index in [2.05, 4.69) is 5.32 Å². The molecule has 6 nitrogen and oxygen atoms in total. The molecule has 0 aliphatic carbocycles. The molecule has 0 bridgehead atoms. The van der Waals surface area contributed by atoms with Gasteiger partial charge in [-0.1, -0.05) is 32.6 Å². The fourth-order valence-electron chi connectivity index (χ4n) is 2.90. The van der Waals surface area contributed by atoms with Crippen molar-refractivity contribution in [1.29, 1.82) is 0 Å². The number of carboxylic acids is 1. The standard InChI is InChI=1S/C16H30N2O4/c1-2-7-14(19)10-11-18-13(12-17-16(18)22)8-5-3-4-6-9-15(20)21/h13-14,19H,2-12H2,1H3,(H,17,22)(H,20,21). The second-order valence-electron chi connectivity index (χ2n) is 6.11. The van der Waals surface area contributed by atoms with Crippen molar-refractivity contribution >= 4 is 12.0 Å². The number of rotatable bonds is 12. The van der Waals surface area contributed by atoms with Gasteiger partial charge in [-0.05, 0) is 25.7 Å². The van der Waals surface area contributed by atoms with Crippen LogP contribution < -0.4 is 5.32 Å². The van der Waals surface area contributed by atoms with Crippen LogP contribution in [-0.2, 0) is 4.79 Å². The van der Waals surface area contributed by atoms with Crippen molar-refractivity contribution in [2.75, 3.05) is 13.1 Å². The predicted molar refractivity (Wildman–Crippen MR) is 84.8 cm³/mol. The summed E-state index contributed by atoms with van der Waals surface area (Å²) in [6, 6.07) is 0.181. The Hall–Kier alpha value is -1.30. The lowest BCUT2D eigenvalue weighted by atomic mass is 10.1. The van der Waals surface area contributed by atoms with Gasteiger partial charge in [0.1, 0.15) is 0 Å². The molecule has 128 valence electrons. The van der Waals surface area contributed by atoms with E-state index in [1.165, 1.54) is 0 Å². The SMILES string of the molecule is CCCC(O)CCN1C(=O)NCC1CCCCCCC(=O)O. The van der Waals surface area contributed by atoms with Crippen LogP contribution in [0.2, 0.25) is 0 Å². The lowest BCUT2D eigenvalue weighted by Crippen LogP contribution is -2.36. The van der Waals surface area contributed by atoms with Crippen molar-refractivity contribution in [3.8, 4) is 0 Å². The minimum atomic E-state index is -0.734. The molecule has 6 heteroatoms. The van der Waals surface area contributed by atoms with E-state index < -0.39 is 5.97 Å². The first-order valence-corrected chi connectivity index (χ1v) is 8.49. The zero-order chi connectivity index (χ0) is 16.4. The van der Waals surface area contributed by atoms with Crippen LogP contribution in [0.1, 0.15) is 64.7 Å². The van der Waals surface area contributed by atoms with Crippen molar-refractivity contribution in [2.24, 2.45) is 0 Å². The molecule has 3 N–H and O–H groups in total. The number of carbonyl (C=O) groups is 2. The number of urea groups is 1. The molecule has 1 heterocycles. The smallest absolute Gasteiger partial charge is 0.317 e. The highest BCUT2D eigenvalue weighted by Gasteiger charge is 2.29. The fourth-order valence-corrected chi connectivity index (χ4v) is 2.90. The summed E-state index contributed by atoms with van der Waals surface area (Å²) in [5.41, 5.74) is 0. The minimum Gasteiger partial charge on any atom is -0.481 e. The van der Waals surface area contributed by atoms with E-state index in [1.54, 1.807) is 0 Å². The molecule has 2 unspecified atom stereocenters. The summed E-state index contributed by atoms with van der Waals surface area (Å²) in [6.45, 7) is 3.33. The van der Waals surface area contributed by atoms with E-state index >= 15 is 0 Å². The molecular formula is C16H30N2O4. The van der Waals surface area contributed by atoms with Crippen LogP contribution in [-0.4, -0.2) is 52.3 Å². The summed E-state index contributed by atoms with van der Waals surface area (Å²) in [6.07, 6.45) is 6.89. The zero-order valence-corrected chi connectivity index (χ0v) is 13.6. The van der Waals surface area contributed by atoms with Gasteiger partial charge in [-0.3, -0.25) is 4.79 Å². The van der Waals surface area contributed by atoms with Gasteiger partial charge in [-0.15, -0.1) is 0 Å². The van der Waals surface area contributed by atoms with Gasteiger partial charge in [0.15, 0.2) is 0 Å². The monoisotopic (exact) mass is 314 g/mol.